The molecular formula is C15H17ClFNO6. The van der Waals surface area contributed by atoms with E-state index in [4.69, 9.17) is 21.1 Å². The third-order valence-electron chi connectivity index (χ3n) is 3.64. The van der Waals surface area contributed by atoms with Crippen molar-refractivity contribution in [1.82, 2.24) is 4.90 Å². The number of carbonyl (C=O) groups excluding carboxylic acids is 1. The van der Waals surface area contributed by atoms with Crippen LogP contribution in [-0.4, -0.2) is 54.2 Å². The summed E-state index contributed by atoms with van der Waals surface area (Å²) in [5.41, 5.74) is -1.12. The van der Waals surface area contributed by atoms with Crippen molar-refractivity contribution in [2.75, 3.05) is 20.3 Å². The molecule has 1 aromatic rings. The summed E-state index contributed by atoms with van der Waals surface area (Å²) in [7, 11) is 1.16. The number of benzene rings is 1. The van der Waals surface area contributed by atoms with Crippen LogP contribution in [0.15, 0.2) is 12.1 Å². The zero-order valence-electron chi connectivity index (χ0n) is 13.3. The van der Waals surface area contributed by atoms with Crippen LogP contribution in [0.4, 0.5) is 9.18 Å². The standard InChI is InChI=1S/C15H17ClFNO6/c1-15(2)18(14(20)21)8(7-24-15)6-23-12-5-10(16)9(4-11(12)17)13(19)22-3/h4-5,8H,6-7H2,1-3H3,(H,20,21). The van der Waals surface area contributed by atoms with Crippen molar-refractivity contribution >= 4 is 23.7 Å². The van der Waals surface area contributed by atoms with Gasteiger partial charge in [-0.1, -0.05) is 11.6 Å². The second-order valence-electron chi connectivity index (χ2n) is 5.63. The molecule has 1 unspecified atom stereocenters. The van der Waals surface area contributed by atoms with Gasteiger partial charge in [-0.25, -0.2) is 14.0 Å². The molecule has 0 aromatic heterocycles. The van der Waals surface area contributed by atoms with Gasteiger partial charge < -0.3 is 19.3 Å². The average Bonchev–Trinajstić information content (AvgIpc) is 2.81. The fourth-order valence-electron chi connectivity index (χ4n) is 2.48. The first-order valence-electron chi connectivity index (χ1n) is 7.03. The lowest BCUT2D eigenvalue weighted by Crippen LogP contribution is -2.49. The molecule has 1 saturated heterocycles. The van der Waals surface area contributed by atoms with Crippen LogP contribution < -0.4 is 4.74 Å². The monoisotopic (exact) mass is 361 g/mol. The predicted molar refractivity (Wildman–Crippen MR) is 81.9 cm³/mol. The third-order valence-corrected chi connectivity index (χ3v) is 3.95. The molecule has 1 N–H and O–H groups in total. The van der Waals surface area contributed by atoms with E-state index in [0.29, 0.717) is 0 Å². The van der Waals surface area contributed by atoms with E-state index in [-0.39, 0.29) is 29.5 Å². The number of esters is 1. The van der Waals surface area contributed by atoms with Crippen LogP contribution in [0, 0.1) is 5.82 Å². The Hall–Kier alpha value is -2.06. The maximum Gasteiger partial charge on any atom is 0.410 e. The molecule has 0 radical (unpaired) electrons. The minimum absolute atomic E-state index is 0.0312. The highest BCUT2D eigenvalue weighted by atomic mass is 35.5. The fraction of sp³-hybridized carbons (Fsp3) is 0.467. The number of nitrogens with zero attached hydrogens (tertiary/aromatic N) is 1. The van der Waals surface area contributed by atoms with Crippen LogP contribution >= 0.6 is 11.6 Å². The van der Waals surface area contributed by atoms with Crippen LogP contribution in [0.5, 0.6) is 5.75 Å². The largest absolute Gasteiger partial charge is 0.488 e. The van der Waals surface area contributed by atoms with E-state index in [0.717, 1.165) is 24.1 Å². The highest BCUT2D eigenvalue weighted by Gasteiger charge is 2.44. The Morgan fingerprint density at radius 1 is 1.50 bits per heavy atom. The van der Waals surface area contributed by atoms with Gasteiger partial charge in [-0.3, -0.25) is 4.90 Å². The molecule has 1 heterocycles. The van der Waals surface area contributed by atoms with Crippen LogP contribution in [0.2, 0.25) is 5.02 Å². The van der Waals surface area contributed by atoms with E-state index in [1.807, 2.05) is 0 Å². The van der Waals surface area contributed by atoms with Gasteiger partial charge in [-0.2, -0.15) is 0 Å². The summed E-state index contributed by atoms with van der Waals surface area (Å²) in [6, 6.07) is 1.46. The molecule has 9 heteroatoms. The number of carboxylic acid groups (broad SMARTS) is 1. The van der Waals surface area contributed by atoms with Crippen LogP contribution in [0.1, 0.15) is 24.2 Å². The van der Waals surface area contributed by atoms with E-state index in [9.17, 15) is 19.1 Å². The summed E-state index contributed by atoms with van der Waals surface area (Å²) in [5.74, 6) is -1.77. The van der Waals surface area contributed by atoms with E-state index < -0.39 is 29.6 Å². The smallest absolute Gasteiger partial charge is 0.410 e. The Morgan fingerprint density at radius 2 is 2.17 bits per heavy atom. The van der Waals surface area contributed by atoms with E-state index in [2.05, 4.69) is 4.74 Å². The van der Waals surface area contributed by atoms with Crippen LogP contribution in [0.3, 0.4) is 0 Å². The van der Waals surface area contributed by atoms with Gasteiger partial charge in [0.2, 0.25) is 0 Å². The van der Waals surface area contributed by atoms with Crippen molar-refractivity contribution in [3.8, 4) is 5.75 Å². The zero-order valence-corrected chi connectivity index (χ0v) is 14.1. The molecule has 1 amide bonds. The number of methoxy groups -OCH3 is 1. The Kier molecular flexibility index (Phi) is 5.19. The summed E-state index contributed by atoms with van der Waals surface area (Å²) in [6.07, 6.45) is -1.16. The number of hydrogen-bond acceptors (Lipinski definition) is 5. The molecule has 24 heavy (non-hydrogen) atoms. The summed E-state index contributed by atoms with van der Waals surface area (Å²) in [4.78, 5) is 23.9. The molecular weight excluding hydrogens is 345 g/mol. The van der Waals surface area contributed by atoms with Crippen molar-refractivity contribution in [2.45, 2.75) is 25.6 Å². The summed E-state index contributed by atoms with van der Waals surface area (Å²) >= 11 is 5.92. The van der Waals surface area contributed by atoms with Crippen molar-refractivity contribution in [1.29, 1.82) is 0 Å². The van der Waals surface area contributed by atoms with E-state index in [1.54, 1.807) is 13.8 Å². The molecule has 2 rings (SSSR count). The van der Waals surface area contributed by atoms with Gasteiger partial charge in [0.25, 0.3) is 0 Å². The van der Waals surface area contributed by atoms with Gasteiger partial charge >= 0.3 is 12.1 Å². The highest BCUT2D eigenvalue weighted by molar-refractivity contribution is 6.33. The SMILES string of the molecule is COC(=O)c1cc(F)c(OCC2COC(C)(C)N2C(=O)O)cc1Cl. The number of ether oxygens (including phenoxy) is 3. The van der Waals surface area contributed by atoms with Gasteiger partial charge in [0.15, 0.2) is 11.6 Å². The maximum absolute atomic E-state index is 14.1. The Bertz CT molecular complexity index is 666. The second-order valence-corrected chi connectivity index (χ2v) is 6.04. The van der Waals surface area contributed by atoms with Crippen molar-refractivity contribution < 1.29 is 33.3 Å². The van der Waals surface area contributed by atoms with Gasteiger partial charge in [0.1, 0.15) is 12.3 Å². The highest BCUT2D eigenvalue weighted by Crippen LogP contribution is 2.30. The third kappa shape index (κ3) is 3.54. The zero-order chi connectivity index (χ0) is 18.1. The average molecular weight is 362 g/mol. The molecule has 0 saturated carbocycles. The van der Waals surface area contributed by atoms with E-state index in [1.165, 1.54) is 0 Å². The first-order chi connectivity index (χ1) is 11.2. The number of amides is 1. The molecule has 1 aliphatic rings. The molecule has 1 aliphatic heterocycles. The lowest BCUT2D eigenvalue weighted by molar-refractivity contribution is -0.0430. The number of halogens is 2. The number of rotatable bonds is 4. The number of carbonyl (C=O) groups is 2. The first kappa shape index (κ1) is 18.3. The summed E-state index contributed by atoms with van der Waals surface area (Å²) in [6.45, 7) is 3.23. The lowest BCUT2D eigenvalue weighted by atomic mass is 10.2. The molecule has 1 atom stereocenters. The van der Waals surface area contributed by atoms with Crippen molar-refractivity contribution in [3.05, 3.63) is 28.5 Å². The van der Waals surface area contributed by atoms with Gasteiger partial charge in [0, 0.05) is 6.07 Å². The summed E-state index contributed by atoms with van der Waals surface area (Å²) < 4.78 is 29.3. The predicted octanol–water partition coefficient (Wildman–Crippen LogP) is 2.76. The molecule has 0 spiro atoms. The lowest BCUT2D eigenvalue weighted by Gasteiger charge is -2.30. The Labute approximate surface area is 142 Å². The quantitative estimate of drug-likeness (QED) is 0.830. The fourth-order valence-corrected chi connectivity index (χ4v) is 2.72. The van der Waals surface area contributed by atoms with Crippen molar-refractivity contribution in [2.24, 2.45) is 0 Å². The van der Waals surface area contributed by atoms with E-state index >= 15 is 0 Å². The summed E-state index contributed by atoms with van der Waals surface area (Å²) in [5, 5.41) is 9.25. The number of hydrogen-bond donors (Lipinski definition) is 1. The normalized spacial score (nSPS) is 19.2. The van der Waals surface area contributed by atoms with Gasteiger partial charge in [0.05, 0.1) is 30.3 Å². The Morgan fingerprint density at radius 3 is 2.75 bits per heavy atom. The Balaban J connectivity index is 2.14. The van der Waals surface area contributed by atoms with Gasteiger partial charge in [-0.15, -0.1) is 0 Å². The first-order valence-corrected chi connectivity index (χ1v) is 7.41. The van der Waals surface area contributed by atoms with Gasteiger partial charge in [-0.05, 0) is 19.9 Å². The maximum atomic E-state index is 14.1. The van der Waals surface area contributed by atoms with Crippen molar-refractivity contribution in [3.63, 3.8) is 0 Å². The molecule has 132 valence electrons. The minimum Gasteiger partial charge on any atom is -0.488 e. The molecule has 1 aromatic carbocycles. The molecule has 7 nitrogen and oxygen atoms in total. The van der Waals surface area contributed by atoms with Crippen LogP contribution in [0.25, 0.3) is 0 Å². The van der Waals surface area contributed by atoms with Crippen LogP contribution in [-0.2, 0) is 9.47 Å². The minimum atomic E-state index is -1.16. The molecule has 0 aliphatic carbocycles. The topological polar surface area (TPSA) is 85.3 Å². The second kappa shape index (κ2) is 6.82. The molecule has 0 bridgehead atoms. The molecule has 1 fully saturated rings.